The van der Waals surface area contributed by atoms with Gasteiger partial charge in [0.2, 0.25) is 5.43 Å². The van der Waals surface area contributed by atoms with E-state index in [4.69, 9.17) is 4.74 Å². The molecule has 1 saturated carbocycles. The quantitative estimate of drug-likeness (QED) is 0.254. The SMILES string of the molecule is COc1c(N2CCN(CC(O)CSc3nc4ccc(C)cc4[nH]3)CC2)c(F)cc2c(=O)c(C(=O)O)cn(C3CC3)c12. The van der Waals surface area contributed by atoms with Crippen LogP contribution < -0.4 is 15.1 Å². The number of nitrogens with zero attached hydrogens (tertiary/aromatic N) is 4. The van der Waals surface area contributed by atoms with Crippen LogP contribution in [0, 0.1) is 12.7 Å². The van der Waals surface area contributed by atoms with E-state index in [-0.39, 0.29) is 28.4 Å². The third kappa shape index (κ3) is 5.39. The van der Waals surface area contributed by atoms with Crippen LogP contribution in [0.4, 0.5) is 10.1 Å². The van der Waals surface area contributed by atoms with Crippen LogP contribution in [-0.4, -0.2) is 87.3 Å². The van der Waals surface area contributed by atoms with Gasteiger partial charge in [-0.25, -0.2) is 14.2 Å². The second kappa shape index (κ2) is 11.0. The Morgan fingerprint density at radius 3 is 2.68 bits per heavy atom. The highest BCUT2D eigenvalue weighted by Gasteiger charge is 2.32. The molecular weight excluding hydrogens is 549 g/mol. The molecule has 1 aliphatic carbocycles. The number of imidazole rings is 1. The number of thioether (sulfide) groups is 1. The first-order valence-electron chi connectivity index (χ1n) is 13.7. The number of halogens is 1. The van der Waals surface area contributed by atoms with Gasteiger partial charge in [0.25, 0.3) is 0 Å². The Morgan fingerprint density at radius 1 is 1.24 bits per heavy atom. The number of hydrogen-bond donors (Lipinski definition) is 3. The number of benzene rings is 2. The standard InChI is InChI=1S/C29H32FN5O5S/c1-16-3-6-22-23(11-16)32-29(31-22)41-15-18(36)13-33-7-9-34(10-8-33)25-21(30)12-19-24(27(25)40-2)35(17-4-5-17)14-20(26(19)37)28(38)39/h3,6,11-12,14,17-18,36H,4-5,7-10,13,15H2,1-2H3,(H,31,32)(H,38,39). The number of H-pyrrole nitrogens is 1. The molecule has 1 atom stereocenters. The Bertz CT molecular complexity index is 1690. The number of aromatic amines is 1. The van der Waals surface area contributed by atoms with Crippen molar-refractivity contribution in [3.63, 3.8) is 0 Å². The first-order chi connectivity index (χ1) is 19.7. The number of aryl methyl sites for hydroxylation is 1. The van der Waals surface area contributed by atoms with E-state index < -0.39 is 23.3 Å². The number of carboxylic acid groups (broad SMARTS) is 1. The molecule has 10 nitrogen and oxygen atoms in total. The van der Waals surface area contributed by atoms with Gasteiger partial charge in [-0.3, -0.25) is 9.69 Å². The van der Waals surface area contributed by atoms with Gasteiger partial charge >= 0.3 is 5.97 Å². The fourth-order valence-corrected chi connectivity index (χ4v) is 6.37. The lowest BCUT2D eigenvalue weighted by Crippen LogP contribution is -2.49. The van der Waals surface area contributed by atoms with Gasteiger partial charge in [-0.15, -0.1) is 0 Å². The van der Waals surface area contributed by atoms with E-state index >= 15 is 4.39 Å². The van der Waals surface area contributed by atoms with Gasteiger partial charge in [-0.2, -0.15) is 0 Å². The van der Waals surface area contributed by atoms with Crippen molar-refractivity contribution in [3.05, 3.63) is 57.6 Å². The molecule has 2 fully saturated rings. The van der Waals surface area contributed by atoms with E-state index in [1.54, 1.807) is 4.57 Å². The van der Waals surface area contributed by atoms with Crippen molar-refractivity contribution in [1.29, 1.82) is 0 Å². The van der Waals surface area contributed by atoms with Crippen LogP contribution in [0.25, 0.3) is 21.9 Å². The van der Waals surface area contributed by atoms with Gasteiger partial charge in [-0.05, 0) is 43.5 Å². The van der Waals surface area contributed by atoms with Crippen LogP contribution in [-0.2, 0) is 0 Å². The smallest absolute Gasteiger partial charge is 0.341 e. The van der Waals surface area contributed by atoms with Gasteiger partial charge in [0, 0.05) is 50.7 Å². The van der Waals surface area contributed by atoms with Crippen molar-refractivity contribution in [2.45, 2.75) is 37.1 Å². The van der Waals surface area contributed by atoms with E-state index in [9.17, 15) is 19.8 Å². The number of nitrogens with one attached hydrogen (secondary N) is 1. The van der Waals surface area contributed by atoms with Crippen molar-refractivity contribution in [2.24, 2.45) is 0 Å². The Hall–Kier alpha value is -3.61. The summed E-state index contributed by atoms with van der Waals surface area (Å²) in [5.41, 5.74) is 2.64. The van der Waals surface area contributed by atoms with Crippen LogP contribution in [0.15, 0.2) is 40.4 Å². The maximum Gasteiger partial charge on any atom is 0.341 e. The number of anilines is 1. The Balaban J connectivity index is 1.15. The number of carboxylic acids is 1. The van der Waals surface area contributed by atoms with Gasteiger partial charge in [0.05, 0.1) is 35.2 Å². The number of piperazine rings is 1. The summed E-state index contributed by atoms with van der Waals surface area (Å²) in [7, 11) is 1.44. The topological polar surface area (TPSA) is 124 Å². The monoisotopic (exact) mass is 581 g/mol. The molecule has 12 heteroatoms. The Kier molecular flexibility index (Phi) is 7.39. The molecule has 2 aliphatic rings. The van der Waals surface area contributed by atoms with E-state index in [0.717, 1.165) is 40.7 Å². The van der Waals surface area contributed by atoms with Gasteiger partial charge in [0.1, 0.15) is 11.3 Å². The van der Waals surface area contributed by atoms with Gasteiger partial charge in [0.15, 0.2) is 16.7 Å². The minimum atomic E-state index is -1.33. The summed E-state index contributed by atoms with van der Waals surface area (Å²) in [6.07, 6.45) is 2.49. The second-order valence-corrected chi connectivity index (χ2v) is 11.8. The lowest BCUT2D eigenvalue weighted by molar-refractivity contribution is 0.0694. The van der Waals surface area contributed by atoms with E-state index in [1.165, 1.54) is 25.1 Å². The molecule has 0 radical (unpaired) electrons. The first-order valence-corrected chi connectivity index (χ1v) is 14.6. The molecule has 3 N–H and O–H groups in total. The predicted molar refractivity (Wildman–Crippen MR) is 156 cm³/mol. The number of aromatic carboxylic acids is 1. The Labute approximate surface area is 239 Å². The molecule has 0 spiro atoms. The zero-order valence-corrected chi connectivity index (χ0v) is 23.7. The summed E-state index contributed by atoms with van der Waals surface area (Å²) >= 11 is 1.48. The normalized spacial score (nSPS) is 16.9. The maximum atomic E-state index is 15.6. The number of pyridine rings is 1. The first kappa shape index (κ1) is 27.6. The second-order valence-electron chi connectivity index (χ2n) is 10.8. The summed E-state index contributed by atoms with van der Waals surface area (Å²) in [5.74, 6) is -1.23. The lowest BCUT2D eigenvalue weighted by Gasteiger charge is -2.37. The molecule has 0 bridgehead atoms. The molecule has 0 amide bonds. The molecule has 1 unspecified atom stereocenters. The number of β-amino-alcohol motifs (C(OH)–C–C–N with tert-alkyl or cyclic N) is 1. The fourth-order valence-electron chi connectivity index (χ4n) is 5.57. The Morgan fingerprint density at radius 2 is 2.00 bits per heavy atom. The van der Waals surface area contributed by atoms with Crippen molar-refractivity contribution < 1.29 is 24.1 Å². The van der Waals surface area contributed by atoms with Crippen LogP contribution in [0.2, 0.25) is 0 Å². The largest absolute Gasteiger partial charge is 0.492 e. The highest BCUT2D eigenvalue weighted by molar-refractivity contribution is 7.99. The number of carbonyl (C=O) groups is 1. The molecule has 4 aromatic rings. The average Bonchev–Trinajstić information content (AvgIpc) is 3.71. The number of hydrogen-bond acceptors (Lipinski definition) is 8. The molecule has 2 aromatic heterocycles. The molecule has 41 heavy (non-hydrogen) atoms. The van der Waals surface area contributed by atoms with Crippen LogP contribution in [0.5, 0.6) is 5.75 Å². The lowest BCUT2D eigenvalue weighted by atomic mass is 10.1. The minimum absolute atomic E-state index is 0.00810. The summed E-state index contributed by atoms with van der Waals surface area (Å²) in [5, 5.41) is 21.0. The van der Waals surface area contributed by atoms with Gasteiger partial charge < -0.3 is 29.4 Å². The van der Waals surface area contributed by atoms with Crippen molar-refractivity contribution in [3.8, 4) is 5.75 Å². The molecule has 216 valence electrons. The maximum absolute atomic E-state index is 15.6. The zero-order valence-electron chi connectivity index (χ0n) is 22.9. The van der Waals surface area contributed by atoms with Crippen LogP contribution in [0.1, 0.15) is 34.8 Å². The molecular formula is C29H32FN5O5S. The highest BCUT2D eigenvalue weighted by atomic mass is 32.2. The molecule has 3 heterocycles. The molecule has 1 aliphatic heterocycles. The summed E-state index contributed by atoms with van der Waals surface area (Å²) < 4.78 is 23.1. The van der Waals surface area contributed by atoms with Crippen molar-refractivity contribution in [1.82, 2.24) is 19.4 Å². The summed E-state index contributed by atoms with van der Waals surface area (Å²) in [4.78, 5) is 36.6. The highest BCUT2D eigenvalue weighted by Crippen LogP contribution is 2.43. The van der Waals surface area contributed by atoms with Crippen molar-refractivity contribution in [2.75, 3.05) is 50.5 Å². The third-order valence-corrected chi connectivity index (χ3v) is 8.78. The predicted octanol–water partition coefficient (Wildman–Crippen LogP) is 3.64. The van der Waals surface area contributed by atoms with Crippen LogP contribution in [0.3, 0.4) is 0 Å². The number of rotatable bonds is 9. The van der Waals surface area contributed by atoms with Crippen molar-refractivity contribution >= 4 is 45.4 Å². The molecule has 2 aromatic carbocycles. The number of fused-ring (bicyclic) bond motifs is 2. The fraction of sp³-hybridized carbons (Fsp3) is 0.414. The average molecular weight is 582 g/mol. The third-order valence-electron chi connectivity index (χ3n) is 7.76. The number of aromatic nitrogens is 3. The molecule has 6 rings (SSSR count). The van der Waals surface area contributed by atoms with Crippen LogP contribution >= 0.6 is 11.8 Å². The van der Waals surface area contributed by atoms with E-state index in [2.05, 4.69) is 14.9 Å². The van der Waals surface area contributed by atoms with E-state index in [0.29, 0.717) is 44.0 Å². The summed E-state index contributed by atoms with van der Waals surface area (Å²) in [6, 6.07) is 7.24. The number of ether oxygens (including phenoxy) is 1. The number of aliphatic hydroxyl groups is 1. The summed E-state index contributed by atoms with van der Waals surface area (Å²) in [6.45, 7) is 4.74. The minimum Gasteiger partial charge on any atom is -0.492 e. The molecule has 1 saturated heterocycles. The number of aliphatic hydroxyl groups excluding tert-OH is 1. The van der Waals surface area contributed by atoms with Gasteiger partial charge in [-0.1, -0.05) is 17.8 Å². The zero-order chi connectivity index (χ0) is 28.8. The number of methoxy groups -OCH3 is 1. The van der Waals surface area contributed by atoms with E-state index in [1.807, 2.05) is 30.0 Å².